The molecule has 0 N–H and O–H groups in total. The average molecular weight is 299 g/mol. The summed E-state index contributed by atoms with van der Waals surface area (Å²) in [6.07, 6.45) is 3.82. The van der Waals surface area contributed by atoms with Gasteiger partial charge in [0.25, 0.3) is 0 Å². The zero-order valence-electron chi connectivity index (χ0n) is 13.0. The molecule has 0 spiro atoms. The lowest BCUT2D eigenvalue weighted by Gasteiger charge is -2.15. The first-order valence-corrected chi connectivity index (χ1v) is 7.95. The van der Waals surface area contributed by atoms with Gasteiger partial charge in [0.2, 0.25) is 5.23 Å². The van der Waals surface area contributed by atoms with Crippen LogP contribution < -0.4 is 0 Å². The fraction of sp³-hybridized carbons (Fsp3) is 0.733. The quantitative estimate of drug-likeness (QED) is 0.577. The van der Waals surface area contributed by atoms with E-state index in [4.69, 9.17) is 9.47 Å². The minimum absolute atomic E-state index is 0.182. The summed E-state index contributed by atoms with van der Waals surface area (Å²) in [7, 11) is 0. The largest absolute Gasteiger partial charge is 0.471 e. The van der Waals surface area contributed by atoms with Gasteiger partial charge in [-0.05, 0) is 26.7 Å². The van der Waals surface area contributed by atoms with E-state index in [9.17, 15) is 4.79 Å². The Labute approximate surface area is 126 Å². The second kappa shape index (κ2) is 7.72. The lowest BCUT2D eigenvalue weighted by molar-refractivity contribution is -0.151. The minimum atomic E-state index is -0.444. The molecule has 1 atom stereocenters. The van der Waals surface area contributed by atoms with Crippen LogP contribution in [0.5, 0.6) is 0 Å². The lowest BCUT2D eigenvalue weighted by Crippen LogP contribution is -2.22. The molecular weight excluding hydrogens is 274 g/mol. The van der Waals surface area contributed by atoms with Crippen LogP contribution in [0.3, 0.4) is 0 Å². The first-order chi connectivity index (χ1) is 9.30. The Morgan fingerprint density at radius 3 is 2.75 bits per heavy atom. The molecule has 1 aliphatic heterocycles. The Hall–Kier alpha value is -0.970. The van der Waals surface area contributed by atoms with Crippen molar-refractivity contribution in [1.29, 1.82) is 0 Å². The molecule has 5 heteroatoms. The molecule has 0 bridgehead atoms. The number of hydrogen-bond donors (Lipinski definition) is 0. The van der Waals surface area contributed by atoms with Crippen molar-refractivity contribution in [1.82, 2.24) is 0 Å². The zero-order chi connectivity index (χ0) is 15.2. The second-order valence-corrected chi connectivity index (χ2v) is 7.12. The third-order valence-corrected chi connectivity index (χ3v) is 3.64. The fourth-order valence-electron chi connectivity index (χ4n) is 1.38. The van der Waals surface area contributed by atoms with E-state index >= 15 is 0 Å². The summed E-state index contributed by atoms with van der Waals surface area (Å²) in [5, 5.41) is 0.764. The van der Waals surface area contributed by atoms with Crippen LogP contribution in [0.4, 0.5) is 0 Å². The van der Waals surface area contributed by atoms with Gasteiger partial charge in [0.05, 0.1) is 11.5 Å². The molecule has 0 aliphatic carbocycles. The maximum absolute atomic E-state index is 11.5. The minimum Gasteiger partial charge on any atom is -0.471 e. The maximum atomic E-state index is 11.5. The van der Waals surface area contributed by atoms with Crippen molar-refractivity contribution >= 4 is 23.0 Å². The zero-order valence-corrected chi connectivity index (χ0v) is 13.8. The van der Waals surface area contributed by atoms with Crippen molar-refractivity contribution in [3.05, 3.63) is 12.2 Å². The highest BCUT2D eigenvalue weighted by molar-refractivity contribution is 8.13. The van der Waals surface area contributed by atoms with E-state index < -0.39 is 5.41 Å². The molecule has 0 aromatic heterocycles. The van der Waals surface area contributed by atoms with Gasteiger partial charge >= 0.3 is 5.97 Å². The van der Waals surface area contributed by atoms with E-state index in [0.717, 1.165) is 11.0 Å². The van der Waals surface area contributed by atoms with Gasteiger partial charge in [0.15, 0.2) is 0 Å². The Morgan fingerprint density at radius 2 is 2.20 bits per heavy atom. The van der Waals surface area contributed by atoms with Gasteiger partial charge in [-0.15, -0.1) is 0 Å². The number of thioether (sulfide) groups is 1. The number of esters is 1. The first-order valence-electron chi connectivity index (χ1n) is 6.96. The predicted octanol–water partition coefficient (Wildman–Crippen LogP) is 3.28. The number of carbonyl (C=O) groups is 1. The van der Waals surface area contributed by atoms with Gasteiger partial charge in [-0.1, -0.05) is 37.8 Å². The van der Waals surface area contributed by atoms with Crippen LogP contribution in [0.25, 0.3) is 0 Å². The van der Waals surface area contributed by atoms with Crippen LogP contribution in [0, 0.1) is 11.3 Å². The summed E-state index contributed by atoms with van der Waals surface area (Å²) in [4.78, 5) is 16.0. The normalized spacial score (nSPS) is 19.3. The second-order valence-electron chi connectivity index (χ2n) is 6.15. The third-order valence-electron chi connectivity index (χ3n) is 2.81. The van der Waals surface area contributed by atoms with Crippen LogP contribution in [0.1, 0.15) is 34.6 Å². The van der Waals surface area contributed by atoms with Gasteiger partial charge in [0.1, 0.15) is 13.2 Å². The van der Waals surface area contributed by atoms with E-state index in [1.54, 1.807) is 11.8 Å². The summed E-state index contributed by atoms with van der Waals surface area (Å²) in [6, 6.07) is 0.286. The highest BCUT2D eigenvalue weighted by Crippen LogP contribution is 2.19. The highest BCUT2D eigenvalue weighted by atomic mass is 32.2. The van der Waals surface area contributed by atoms with Crippen LogP contribution in [-0.4, -0.2) is 36.2 Å². The van der Waals surface area contributed by atoms with Crippen molar-refractivity contribution < 1.29 is 14.3 Å². The van der Waals surface area contributed by atoms with Crippen molar-refractivity contribution in [2.45, 2.75) is 40.7 Å². The summed E-state index contributed by atoms with van der Waals surface area (Å²) in [5.41, 5.74) is -0.444. The van der Waals surface area contributed by atoms with Crippen LogP contribution >= 0.6 is 11.8 Å². The van der Waals surface area contributed by atoms with Crippen LogP contribution in [-0.2, 0) is 14.3 Å². The van der Waals surface area contributed by atoms with E-state index in [-0.39, 0.29) is 12.0 Å². The summed E-state index contributed by atoms with van der Waals surface area (Å²) >= 11 is 1.57. The monoisotopic (exact) mass is 299 g/mol. The third kappa shape index (κ3) is 5.99. The molecule has 20 heavy (non-hydrogen) atoms. The van der Waals surface area contributed by atoms with Crippen molar-refractivity contribution in [2.75, 3.05) is 19.0 Å². The molecule has 4 nitrogen and oxygen atoms in total. The molecule has 0 fully saturated rings. The summed E-state index contributed by atoms with van der Waals surface area (Å²) in [5.74, 6) is 1.11. The number of ether oxygens (including phenoxy) is 2. The predicted molar refractivity (Wildman–Crippen MR) is 84.0 cm³/mol. The molecule has 0 aromatic carbocycles. The van der Waals surface area contributed by atoms with Gasteiger partial charge in [-0.2, -0.15) is 0 Å². The number of nitrogens with zero attached hydrogens (tertiary/aromatic N) is 1. The maximum Gasteiger partial charge on any atom is 0.311 e. The molecule has 0 unspecified atom stereocenters. The Kier molecular flexibility index (Phi) is 6.59. The molecule has 0 saturated heterocycles. The Balaban J connectivity index is 2.17. The number of aliphatic imine (C=N–C) groups is 1. The fourth-order valence-corrected chi connectivity index (χ4v) is 2.12. The van der Waals surface area contributed by atoms with E-state index in [0.29, 0.717) is 19.1 Å². The molecule has 0 amide bonds. The van der Waals surface area contributed by atoms with Crippen molar-refractivity contribution in [3.63, 3.8) is 0 Å². The molecule has 0 saturated carbocycles. The molecule has 0 aromatic rings. The smallest absolute Gasteiger partial charge is 0.311 e. The van der Waals surface area contributed by atoms with Crippen LogP contribution in [0.15, 0.2) is 17.1 Å². The van der Waals surface area contributed by atoms with Gasteiger partial charge < -0.3 is 9.47 Å². The SMILES string of the molecule is CC(C)[C@H]1COC(SC/C=C/COC(=O)C(C)(C)C)=N1. The van der Waals surface area contributed by atoms with Gasteiger partial charge in [0, 0.05) is 5.75 Å². The summed E-state index contributed by atoms with van der Waals surface area (Å²) < 4.78 is 10.6. The lowest BCUT2D eigenvalue weighted by atomic mass is 9.97. The standard InChI is InChI=1S/C15H25NO3S/c1-11(2)12-10-19-14(16-12)20-9-7-6-8-18-13(17)15(3,4)5/h6-7,11-12H,8-10H2,1-5H3/b7-6+/t12-/m1/s1. The number of rotatable bonds is 5. The summed E-state index contributed by atoms with van der Waals surface area (Å²) in [6.45, 7) is 10.8. The first kappa shape index (κ1) is 17.1. The number of carbonyl (C=O) groups excluding carboxylic acids is 1. The Bertz CT molecular complexity index is 383. The molecule has 1 heterocycles. The number of hydrogen-bond acceptors (Lipinski definition) is 5. The molecule has 0 radical (unpaired) electrons. The van der Waals surface area contributed by atoms with Crippen molar-refractivity contribution in [3.8, 4) is 0 Å². The Morgan fingerprint density at radius 1 is 1.50 bits per heavy atom. The van der Waals surface area contributed by atoms with Crippen LogP contribution in [0.2, 0.25) is 0 Å². The average Bonchev–Trinajstić information content (AvgIpc) is 2.81. The molecule has 114 valence electrons. The highest BCUT2D eigenvalue weighted by Gasteiger charge is 2.22. The van der Waals surface area contributed by atoms with Crippen molar-refractivity contribution in [2.24, 2.45) is 16.3 Å². The topological polar surface area (TPSA) is 47.9 Å². The molecule has 1 aliphatic rings. The molecular formula is C15H25NO3S. The van der Waals surface area contributed by atoms with Gasteiger partial charge in [-0.25, -0.2) is 4.99 Å². The van der Waals surface area contributed by atoms with E-state index in [1.165, 1.54) is 0 Å². The van der Waals surface area contributed by atoms with E-state index in [1.807, 2.05) is 32.9 Å². The van der Waals surface area contributed by atoms with E-state index in [2.05, 4.69) is 18.8 Å². The molecule has 1 rings (SSSR count). The van der Waals surface area contributed by atoms with Gasteiger partial charge in [-0.3, -0.25) is 4.79 Å².